The molecule has 0 aromatic heterocycles. The van der Waals surface area contributed by atoms with Gasteiger partial charge in [-0.2, -0.15) is 0 Å². The van der Waals surface area contributed by atoms with E-state index in [-0.39, 0.29) is 5.01 Å². The summed E-state index contributed by atoms with van der Waals surface area (Å²) in [6, 6.07) is 0.294. The van der Waals surface area contributed by atoms with Crippen LogP contribution in [0.5, 0.6) is 0 Å². The molecule has 146 valence electrons. The predicted molar refractivity (Wildman–Crippen MR) is 112 cm³/mol. The lowest BCUT2D eigenvalue weighted by molar-refractivity contribution is -0.917. The van der Waals surface area contributed by atoms with Crippen molar-refractivity contribution in [2.75, 3.05) is 20.6 Å². The molecule has 0 spiro atoms. The van der Waals surface area contributed by atoms with Crippen molar-refractivity contribution in [3.05, 3.63) is 0 Å². The summed E-state index contributed by atoms with van der Waals surface area (Å²) in [5, 5.41) is 9.46. The minimum absolute atomic E-state index is 0.294. The average Bonchev–Trinajstić information content (AvgIpc) is 2.51. The van der Waals surface area contributed by atoms with E-state index in [0.29, 0.717) is 6.04 Å². The Bertz CT molecular complexity index is 269. The Morgan fingerprint density at radius 3 is 1.42 bits per heavy atom. The molecule has 0 amide bonds. The van der Waals surface area contributed by atoms with E-state index in [1.807, 2.05) is 0 Å². The molecule has 0 heterocycles. The number of hydrogen-bond acceptors (Lipinski definition) is 1. The number of quaternary nitrogens is 1. The zero-order valence-corrected chi connectivity index (χ0v) is 18.6. The second-order valence-corrected chi connectivity index (χ2v) is 9.03. The van der Waals surface area contributed by atoms with Gasteiger partial charge in [-0.05, 0) is 12.8 Å². The van der Waals surface area contributed by atoms with Crippen LogP contribution in [0.1, 0.15) is 104 Å². The number of rotatable bonds is 17. The van der Waals surface area contributed by atoms with Gasteiger partial charge in [-0.15, -0.1) is 0 Å². The fourth-order valence-electron chi connectivity index (χ4n) is 3.72. The summed E-state index contributed by atoms with van der Waals surface area (Å²) in [6.07, 6.45) is 19.3. The minimum atomic E-state index is -0.389. The Kier molecular flexibility index (Phi) is 15.9. The molecule has 0 aromatic rings. The molecular formula is C21H45BrNO+. The van der Waals surface area contributed by atoms with E-state index >= 15 is 0 Å². The molecule has 0 rings (SSSR count). The number of hydrogen-bond donors (Lipinski definition) is 1. The number of halogens is 1. The molecule has 0 saturated carbocycles. The molecule has 0 fully saturated rings. The zero-order valence-electron chi connectivity index (χ0n) is 17.0. The van der Waals surface area contributed by atoms with Gasteiger partial charge in [-0.3, -0.25) is 0 Å². The van der Waals surface area contributed by atoms with Gasteiger partial charge in [0.05, 0.1) is 20.6 Å². The van der Waals surface area contributed by atoms with Crippen LogP contribution >= 0.6 is 15.9 Å². The molecule has 3 heteroatoms. The van der Waals surface area contributed by atoms with Gasteiger partial charge in [0.25, 0.3) is 0 Å². The summed E-state index contributed by atoms with van der Waals surface area (Å²) in [5.74, 6) is 0. The summed E-state index contributed by atoms with van der Waals surface area (Å²) in [5.41, 5.74) is 0. The SMILES string of the molecule is CCCCCCCCCCCCCCC[N+](C)(C)C(CC)C(O)Br. The highest BCUT2D eigenvalue weighted by molar-refractivity contribution is 9.09. The van der Waals surface area contributed by atoms with Crippen molar-refractivity contribution in [1.29, 1.82) is 0 Å². The van der Waals surface area contributed by atoms with Crippen molar-refractivity contribution < 1.29 is 9.59 Å². The van der Waals surface area contributed by atoms with Crippen molar-refractivity contribution in [3.63, 3.8) is 0 Å². The first kappa shape index (κ1) is 24.4. The highest BCUT2D eigenvalue weighted by Crippen LogP contribution is 2.20. The van der Waals surface area contributed by atoms with Gasteiger partial charge in [0, 0.05) is 6.42 Å². The van der Waals surface area contributed by atoms with Crippen LogP contribution in [0.4, 0.5) is 0 Å². The van der Waals surface area contributed by atoms with Crippen LogP contribution in [0.2, 0.25) is 0 Å². The van der Waals surface area contributed by atoms with E-state index in [0.717, 1.165) is 10.9 Å². The van der Waals surface area contributed by atoms with Crippen LogP contribution in [0.25, 0.3) is 0 Å². The molecule has 24 heavy (non-hydrogen) atoms. The Labute approximate surface area is 161 Å². The standard InChI is InChI=1S/C21H45BrNO/c1-5-7-8-9-10-11-12-13-14-15-16-17-18-19-23(3,4)20(6-2)21(22)24/h20-21,24H,5-19H2,1-4H3/q+1. The van der Waals surface area contributed by atoms with Gasteiger partial charge in [0.15, 0.2) is 5.01 Å². The zero-order chi connectivity index (χ0) is 18.3. The van der Waals surface area contributed by atoms with Crippen molar-refractivity contribution in [2.45, 2.75) is 115 Å². The van der Waals surface area contributed by atoms with Gasteiger partial charge >= 0.3 is 0 Å². The Balaban J connectivity index is 3.44. The Morgan fingerprint density at radius 1 is 0.708 bits per heavy atom. The molecule has 0 saturated heterocycles. The predicted octanol–water partition coefficient (Wildman–Crippen LogP) is 6.65. The summed E-state index contributed by atoms with van der Waals surface area (Å²) < 4.78 is 0.918. The van der Waals surface area contributed by atoms with Gasteiger partial charge < -0.3 is 9.59 Å². The third-order valence-electron chi connectivity index (χ3n) is 5.47. The quantitative estimate of drug-likeness (QED) is 0.163. The normalized spacial score (nSPS) is 14.8. The summed E-state index contributed by atoms with van der Waals surface area (Å²) in [6.45, 7) is 5.62. The topological polar surface area (TPSA) is 20.2 Å². The lowest BCUT2D eigenvalue weighted by Crippen LogP contribution is -2.53. The van der Waals surface area contributed by atoms with E-state index in [9.17, 15) is 5.11 Å². The fourth-order valence-corrected chi connectivity index (χ4v) is 4.74. The van der Waals surface area contributed by atoms with Gasteiger partial charge in [-0.1, -0.05) is 100 Å². The maximum atomic E-state index is 9.85. The van der Waals surface area contributed by atoms with Crippen molar-refractivity contribution in [3.8, 4) is 0 Å². The van der Waals surface area contributed by atoms with Crippen molar-refractivity contribution >= 4 is 15.9 Å². The average molecular weight is 408 g/mol. The van der Waals surface area contributed by atoms with E-state index in [4.69, 9.17) is 0 Å². The minimum Gasteiger partial charge on any atom is -0.376 e. The summed E-state index contributed by atoms with van der Waals surface area (Å²) in [7, 11) is 4.50. The second kappa shape index (κ2) is 15.6. The van der Waals surface area contributed by atoms with Crippen LogP contribution in [0.3, 0.4) is 0 Å². The molecule has 0 aromatic carbocycles. The number of aliphatic hydroxyl groups is 1. The molecule has 2 nitrogen and oxygen atoms in total. The Hall–Kier alpha value is 0.400. The summed E-state index contributed by atoms with van der Waals surface area (Å²) >= 11 is 3.36. The monoisotopic (exact) mass is 406 g/mol. The van der Waals surface area contributed by atoms with Crippen molar-refractivity contribution in [2.24, 2.45) is 0 Å². The number of alkyl halides is 1. The molecule has 2 unspecified atom stereocenters. The van der Waals surface area contributed by atoms with E-state index < -0.39 is 0 Å². The first-order chi connectivity index (χ1) is 11.5. The van der Waals surface area contributed by atoms with Crippen LogP contribution in [-0.2, 0) is 0 Å². The van der Waals surface area contributed by atoms with Crippen LogP contribution in [-0.4, -0.2) is 41.3 Å². The smallest absolute Gasteiger partial charge is 0.160 e. The maximum Gasteiger partial charge on any atom is 0.160 e. The van der Waals surface area contributed by atoms with Gasteiger partial charge in [0.2, 0.25) is 0 Å². The van der Waals surface area contributed by atoms with E-state index in [1.165, 1.54) is 90.0 Å². The number of aliphatic hydroxyl groups excluding tert-OH is 1. The van der Waals surface area contributed by atoms with E-state index in [1.54, 1.807) is 0 Å². The summed E-state index contributed by atoms with van der Waals surface area (Å²) in [4.78, 5) is 0. The molecule has 0 aliphatic rings. The van der Waals surface area contributed by atoms with Crippen LogP contribution in [0.15, 0.2) is 0 Å². The van der Waals surface area contributed by atoms with Crippen LogP contribution < -0.4 is 0 Å². The number of nitrogens with zero attached hydrogens (tertiary/aromatic N) is 1. The van der Waals surface area contributed by atoms with Gasteiger partial charge in [-0.25, -0.2) is 0 Å². The lowest BCUT2D eigenvalue weighted by atomic mass is 10.0. The van der Waals surface area contributed by atoms with E-state index in [2.05, 4.69) is 43.9 Å². The Morgan fingerprint density at radius 2 is 1.08 bits per heavy atom. The molecule has 0 radical (unpaired) electrons. The molecular weight excluding hydrogens is 362 g/mol. The van der Waals surface area contributed by atoms with Gasteiger partial charge in [0.1, 0.15) is 6.04 Å². The molecule has 1 N–H and O–H groups in total. The highest BCUT2D eigenvalue weighted by atomic mass is 79.9. The molecule has 0 bridgehead atoms. The first-order valence-corrected chi connectivity index (χ1v) is 11.5. The van der Waals surface area contributed by atoms with Crippen LogP contribution in [0, 0.1) is 0 Å². The molecule has 0 aliphatic carbocycles. The largest absolute Gasteiger partial charge is 0.376 e. The fraction of sp³-hybridized carbons (Fsp3) is 1.00. The third-order valence-corrected chi connectivity index (χ3v) is 6.08. The highest BCUT2D eigenvalue weighted by Gasteiger charge is 2.31. The maximum absolute atomic E-state index is 9.85. The number of likely N-dealkylation sites (N-methyl/N-ethyl adjacent to an activating group) is 1. The lowest BCUT2D eigenvalue weighted by Gasteiger charge is -2.38. The number of unbranched alkanes of at least 4 members (excludes halogenated alkanes) is 12. The third kappa shape index (κ3) is 12.7. The van der Waals surface area contributed by atoms with Crippen molar-refractivity contribution in [1.82, 2.24) is 0 Å². The molecule has 0 aliphatic heterocycles. The first-order valence-electron chi connectivity index (χ1n) is 10.6. The molecule has 2 atom stereocenters. The second-order valence-electron chi connectivity index (χ2n) is 8.09.